The van der Waals surface area contributed by atoms with Gasteiger partial charge in [0, 0.05) is 6.42 Å². The van der Waals surface area contributed by atoms with E-state index in [1.807, 2.05) is 13.0 Å². The van der Waals surface area contributed by atoms with Gasteiger partial charge in [-0.3, -0.25) is 4.79 Å². The summed E-state index contributed by atoms with van der Waals surface area (Å²) in [4.78, 5) is 11.2. The zero-order valence-corrected chi connectivity index (χ0v) is 8.04. The lowest BCUT2D eigenvalue weighted by Crippen LogP contribution is -2.42. The summed E-state index contributed by atoms with van der Waals surface area (Å²) in [5.74, 6) is 0.0672. The van der Waals surface area contributed by atoms with E-state index in [0.717, 1.165) is 12.8 Å². The van der Waals surface area contributed by atoms with Crippen LogP contribution in [0.25, 0.3) is 0 Å². The van der Waals surface area contributed by atoms with E-state index in [0.29, 0.717) is 0 Å². The second kappa shape index (κ2) is 3.02. The summed E-state index contributed by atoms with van der Waals surface area (Å²) in [6.45, 7) is 4.11. The largest absolute Gasteiger partial charge is 0.460 e. The van der Waals surface area contributed by atoms with Crippen LogP contribution in [0.1, 0.15) is 26.7 Å². The van der Waals surface area contributed by atoms with Crippen molar-refractivity contribution in [2.45, 2.75) is 32.8 Å². The number of hydrogen-bond donors (Lipinski definition) is 0. The molecule has 1 saturated heterocycles. The van der Waals surface area contributed by atoms with Crippen LogP contribution in [-0.2, 0) is 9.53 Å². The SMILES string of the molecule is C/C=C\CC1=C(C)C[C@@H]2OC(=O)[C@@H]12. The Hall–Kier alpha value is -1.05. The molecular formula is C11H14O2. The minimum absolute atomic E-state index is 0.0265. The Labute approximate surface area is 78.3 Å². The van der Waals surface area contributed by atoms with Crippen molar-refractivity contribution in [2.75, 3.05) is 0 Å². The predicted molar refractivity (Wildman–Crippen MR) is 50.1 cm³/mol. The summed E-state index contributed by atoms with van der Waals surface area (Å²) in [7, 11) is 0. The van der Waals surface area contributed by atoms with Gasteiger partial charge in [-0.1, -0.05) is 17.7 Å². The van der Waals surface area contributed by atoms with Gasteiger partial charge in [0.05, 0.1) is 0 Å². The van der Waals surface area contributed by atoms with Crippen molar-refractivity contribution in [3.63, 3.8) is 0 Å². The zero-order chi connectivity index (χ0) is 9.42. The molecule has 0 aromatic heterocycles. The van der Waals surface area contributed by atoms with Gasteiger partial charge in [-0.15, -0.1) is 0 Å². The highest BCUT2D eigenvalue weighted by Crippen LogP contribution is 2.43. The lowest BCUT2D eigenvalue weighted by atomic mass is 9.92. The molecule has 2 nitrogen and oxygen atoms in total. The summed E-state index contributed by atoms with van der Waals surface area (Å²) in [5, 5.41) is 0. The van der Waals surface area contributed by atoms with E-state index in [9.17, 15) is 4.79 Å². The Morgan fingerprint density at radius 3 is 3.00 bits per heavy atom. The Morgan fingerprint density at radius 2 is 2.38 bits per heavy atom. The van der Waals surface area contributed by atoms with Gasteiger partial charge < -0.3 is 4.74 Å². The summed E-state index contributed by atoms with van der Waals surface area (Å²) in [6.07, 6.45) is 6.17. The number of carbonyl (C=O) groups excluding carboxylic acids is 1. The van der Waals surface area contributed by atoms with Crippen molar-refractivity contribution < 1.29 is 9.53 Å². The van der Waals surface area contributed by atoms with Crippen LogP contribution in [0.5, 0.6) is 0 Å². The fraction of sp³-hybridized carbons (Fsp3) is 0.545. The Bertz CT molecular complexity index is 299. The average molecular weight is 178 g/mol. The molecular weight excluding hydrogens is 164 g/mol. The minimum atomic E-state index is -0.0265. The van der Waals surface area contributed by atoms with Crippen molar-refractivity contribution in [1.82, 2.24) is 0 Å². The molecule has 0 N–H and O–H groups in total. The second-order valence-electron chi connectivity index (χ2n) is 3.74. The van der Waals surface area contributed by atoms with Crippen LogP contribution in [0, 0.1) is 5.92 Å². The molecule has 2 atom stereocenters. The van der Waals surface area contributed by atoms with Crippen LogP contribution in [0.15, 0.2) is 23.3 Å². The minimum Gasteiger partial charge on any atom is -0.460 e. The highest BCUT2D eigenvalue weighted by atomic mass is 16.6. The Kier molecular flexibility index (Phi) is 1.98. The lowest BCUT2D eigenvalue weighted by Gasteiger charge is -2.31. The second-order valence-corrected chi connectivity index (χ2v) is 3.74. The third-order valence-electron chi connectivity index (χ3n) is 2.90. The van der Waals surface area contributed by atoms with Crippen molar-refractivity contribution >= 4 is 5.97 Å². The molecule has 0 radical (unpaired) electrons. The van der Waals surface area contributed by atoms with Gasteiger partial charge in [0.15, 0.2) is 0 Å². The molecule has 0 aromatic carbocycles. The average Bonchev–Trinajstić information content (AvgIpc) is 2.34. The molecule has 0 spiro atoms. The van der Waals surface area contributed by atoms with E-state index in [1.165, 1.54) is 11.1 Å². The van der Waals surface area contributed by atoms with Crippen molar-refractivity contribution in [3.05, 3.63) is 23.3 Å². The van der Waals surface area contributed by atoms with Gasteiger partial charge in [-0.05, 0) is 25.8 Å². The third kappa shape index (κ3) is 1.21. The first-order chi connectivity index (χ1) is 6.24. The van der Waals surface area contributed by atoms with Crippen LogP contribution in [0.4, 0.5) is 0 Å². The molecule has 1 aliphatic heterocycles. The molecule has 0 saturated carbocycles. The number of esters is 1. The summed E-state index contributed by atoms with van der Waals surface area (Å²) >= 11 is 0. The summed E-state index contributed by atoms with van der Waals surface area (Å²) < 4.78 is 5.04. The van der Waals surface area contributed by atoms with Gasteiger partial charge in [0.25, 0.3) is 0 Å². The van der Waals surface area contributed by atoms with Crippen molar-refractivity contribution in [2.24, 2.45) is 5.92 Å². The number of carbonyl (C=O) groups is 1. The van der Waals surface area contributed by atoms with E-state index < -0.39 is 0 Å². The molecule has 0 aromatic rings. The van der Waals surface area contributed by atoms with Gasteiger partial charge in [0.1, 0.15) is 12.0 Å². The molecule has 70 valence electrons. The fourth-order valence-corrected chi connectivity index (χ4v) is 2.14. The monoisotopic (exact) mass is 178 g/mol. The van der Waals surface area contributed by atoms with Gasteiger partial charge in [-0.25, -0.2) is 0 Å². The van der Waals surface area contributed by atoms with Crippen LogP contribution < -0.4 is 0 Å². The first kappa shape index (κ1) is 8.54. The van der Waals surface area contributed by atoms with Crippen LogP contribution in [0.2, 0.25) is 0 Å². The van der Waals surface area contributed by atoms with E-state index in [1.54, 1.807) is 0 Å². The smallest absolute Gasteiger partial charge is 0.317 e. The molecule has 2 aliphatic rings. The number of ether oxygens (including phenoxy) is 1. The lowest BCUT2D eigenvalue weighted by molar-refractivity contribution is -0.177. The van der Waals surface area contributed by atoms with E-state index in [2.05, 4.69) is 13.0 Å². The quantitative estimate of drug-likeness (QED) is 0.478. The molecule has 1 aliphatic carbocycles. The van der Waals surface area contributed by atoms with E-state index in [-0.39, 0.29) is 18.0 Å². The molecule has 2 rings (SSSR count). The molecule has 0 bridgehead atoms. The van der Waals surface area contributed by atoms with E-state index >= 15 is 0 Å². The molecule has 13 heavy (non-hydrogen) atoms. The summed E-state index contributed by atoms with van der Waals surface area (Å²) in [6, 6.07) is 0. The van der Waals surface area contributed by atoms with E-state index in [4.69, 9.17) is 4.74 Å². The number of hydrogen-bond acceptors (Lipinski definition) is 2. The Balaban J connectivity index is 2.14. The third-order valence-corrected chi connectivity index (χ3v) is 2.90. The van der Waals surface area contributed by atoms with Crippen LogP contribution in [0.3, 0.4) is 0 Å². The highest BCUT2D eigenvalue weighted by molar-refractivity contribution is 5.83. The standard InChI is InChI=1S/C11H14O2/c1-3-4-5-8-7(2)6-9-10(8)11(12)13-9/h3-4,9-10H,5-6H2,1-2H3/b4-3-/t9-,10-/m0/s1. The first-order valence-electron chi connectivity index (χ1n) is 4.74. The first-order valence-corrected chi connectivity index (χ1v) is 4.74. The van der Waals surface area contributed by atoms with Gasteiger partial charge >= 0.3 is 5.97 Å². The normalized spacial score (nSPS) is 32.0. The topological polar surface area (TPSA) is 26.3 Å². The highest BCUT2D eigenvalue weighted by Gasteiger charge is 2.48. The van der Waals surface area contributed by atoms with Crippen LogP contribution in [-0.4, -0.2) is 12.1 Å². The number of rotatable bonds is 2. The van der Waals surface area contributed by atoms with Gasteiger partial charge in [0.2, 0.25) is 0 Å². The fourth-order valence-electron chi connectivity index (χ4n) is 2.14. The number of allylic oxidation sites excluding steroid dienone is 2. The summed E-state index contributed by atoms with van der Waals surface area (Å²) in [5.41, 5.74) is 2.64. The Morgan fingerprint density at radius 1 is 1.62 bits per heavy atom. The maximum atomic E-state index is 11.2. The maximum absolute atomic E-state index is 11.2. The molecule has 0 amide bonds. The van der Waals surface area contributed by atoms with Gasteiger partial charge in [-0.2, -0.15) is 0 Å². The predicted octanol–water partition coefficient (Wildman–Crippen LogP) is 2.21. The zero-order valence-electron chi connectivity index (χ0n) is 8.04. The molecule has 1 heterocycles. The molecule has 1 fully saturated rings. The van der Waals surface area contributed by atoms with Crippen LogP contribution >= 0.6 is 0 Å². The molecule has 0 unspecified atom stereocenters. The maximum Gasteiger partial charge on any atom is 0.317 e. The molecule has 2 heteroatoms. The number of fused-ring (bicyclic) bond motifs is 1. The van der Waals surface area contributed by atoms with Crippen molar-refractivity contribution in [3.8, 4) is 0 Å². The van der Waals surface area contributed by atoms with Crippen molar-refractivity contribution in [1.29, 1.82) is 0 Å².